The standard InChI is InChI=1S/C38H52N8O7/c39-10-8-31-24-45(13-14-46(31)38(47)48)36-33-9-12-44(35-7-3-5-29-4-1-2-6-32(29)35)25-34(33)42-37(43-36)53-27-30-22-28(23-41-30)26-52-21-20-51-19-18-50-17-16-49-15-11-40/h1-7,28,30-31,41H,8-9,11-27,40H2,(H,47,48)/t28-,30+,31+/m1/s1. The van der Waals surface area contributed by atoms with E-state index in [2.05, 4.69) is 63.7 Å². The van der Waals surface area contributed by atoms with Gasteiger partial charge in [-0.2, -0.15) is 15.2 Å². The number of carbonyl (C=O) groups is 1. The molecule has 0 unspecified atom stereocenters. The summed E-state index contributed by atoms with van der Waals surface area (Å²) < 4.78 is 28.6. The Kier molecular flexibility index (Phi) is 14.3. The first-order valence-corrected chi connectivity index (χ1v) is 18.6. The topological polar surface area (TPSA) is 181 Å². The van der Waals surface area contributed by atoms with Crippen molar-refractivity contribution in [2.75, 3.05) is 109 Å². The lowest BCUT2D eigenvalue weighted by Gasteiger charge is -2.41. The summed E-state index contributed by atoms with van der Waals surface area (Å²) in [5.41, 5.74) is 8.50. The van der Waals surface area contributed by atoms with Gasteiger partial charge in [0, 0.05) is 61.9 Å². The van der Waals surface area contributed by atoms with E-state index in [4.69, 9.17) is 39.4 Å². The molecule has 3 aromatic rings. The van der Waals surface area contributed by atoms with Gasteiger partial charge in [-0.25, -0.2) is 4.79 Å². The van der Waals surface area contributed by atoms with Crippen LogP contribution in [0.25, 0.3) is 10.8 Å². The molecule has 2 aromatic carbocycles. The van der Waals surface area contributed by atoms with Gasteiger partial charge in [0.25, 0.3) is 0 Å². The number of nitrogens with zero attached hydrogens (tertiary/aromatic N) is 6. The molecule has 0 saturated carbocycles. The number of amides is 1. The first-order valence-electron chi connectivity index (χ1n) is 18.6. The Hall–Kier alpha value is -4.30. The second kappa shape index (κ2) is 19.7. The van der Waals surface area contributed by atoms with Crippen molar-refractivity contribution in [3.8, 4) is 12.1 Å². The van der Waals surface area contributed by atoms with Crippen LogP contribution in [-0.2, 0) is 31.9 Å². The molecule has 4 N–H and O–H groups in total. The van der Waals surface area contributed by atoms with Crippen molar-refractivity contribution in [2.24, 2.45) is 11.7 Å². The lowest BCUT2D eigenvalue weighted by atomic mass is 10.0. The molecular formula is C38H52N8O7. The van der Waals surface area contributed by atoms with Crippen LogP contribution >= 0.6 is 0 Å². The average molecular weight is 733 g/mol. The molecule has 2 fully saturated rings. The molecule has 0 spiro atoms. The largest absolute Gasteiger partial charge is 0.465 e. The zero-order valence-corrected chi connectivity index (χ0v) is 30.4. The van der Waals surface area contributed by atoms with E-state index < -0.39 is 12.1 Å². The van der Waals surface area contributed by atoms with E-state index in [0.717, 1.165) is 48.7 Å². The number of nitrogens with one attached hydrogen (secondary N) is 1. The molecule has 0 aliphatic carbocycles. The first kappa shape index (κ1) is 38.4. The molecule has 0 bridgehead atoms. The zero-order valence-electron chi connectivity index (χ0n) is 30.4. The van der Waals surface area contributed by atoms with Crippen molar-refractivity contribution in [1.29, 1.82) is 5.26 Å². The number of rotatable bonds is 19. The number of hydrogen-bond acceptors (Lipinski definition) is 13. The van der Waals surface area contributed by atoms with Gasteiger partial charge in [0.15, 0.2) is 0 Å². The summed E-state index contributed by atoms with van der Waals surface area (Å²) in [7, 11) is 0. The molecular weight excluding hydrogens is 680 g/mol. The predicted octanol–water partition coefficient (Wildman–Crippen LogP) is 2.66. The summed E-state index contributed by atoms with van der Waals surface area (Å²) in [5, 5.41) is 25.2. The molecule has 4 heterocycles. The zero-order chi connectivity index (χ0) is 36.8. The van der Waals surface area contributed by atoms with Crippen LogP contribution in [0, 0.1) is 17.2 Å². The second-order valence-electron chi connectivity index (χ2n) is 13.6. The Morgan fingerprint density at radius 3 is 2.45 bits per heavy atom. The Bertz CT molecular complexity index is 1670. The normalized spacial score (nSPS) is 20.1. The molecule has 3 aliphatic heterocycles. The number of carboxylic acid groups (broad SMARTS) is 1. The highest BCUT2D eigenvalue weighted by atomic mass is 16.6. The minimum atomic E-state index is -1.01. The number of nitrogens with two attached hydrogens (primary N) is 1. The van der Waals surface area contributed by atoms with E-state index >= 15 is 0 Å². The van der Waals surface area contributed by atoms with Crippen molar-refractivity contribution in [1.82, 2.24) is 20.2 Å². The van der Waals surface area contributed by atoms with Gasteiger partial charge in [0.1, 0.15) is 12.4 Å². The van der Waals surface area contributed by atoms with Crippen LogP contribution in [0.1, 0.15) is 24.1 Å². The number of piperazine rings is 1. The van der Waals surface area contributed by atoms with Crippen LogP contribution in [0.2, 0.25) is 0 Å². The fourth-order valence-corrected chi connectivity index (χ4v) is 7.31. The van der Waals surface area contributed by atoms with Gasteiger partial charge in [-0.1, -0.05) is 36.4 Å². The smallest absolute Gasteiger partial charge is 0.407 e. The Labute approximate surface area is 310 Å². The Morgan fingerprint density at radius 2 is 1.68 bits per heavy atom. The van der Waals surface area contributed by atoms with E-state index in [9.17, 15) is 15.2 Å². The van der Waals surface area contributed by atoms with Gasteiger partial charge in [0.05, 0.1) is 83.6 Å². The quantitative estimate of drug-likeness (QED) is 0.153. The molecule has 1 aromatic heterocycles. The van der Waals surface area contributed by atoms with E-state index in [1.165, 1.54) is 15.7 Å². The summed E-state index contributed by atoms with van der Waals surface area (Å²) in [4.78, 5) is 27.7. The molecule has 286 valence electrons. The number of nitriles is 1. The third kappa shape index (κ3) is 10.4. The fraction of sp³-hybridized carbons (Fsp3) is 0.579. The summed E-state index contributed by atoms with van der Waals surface area (Å²) in [6, 6.07) is 16.9. The van der Waals surface area contributed by atoms with E-state index in [0.29, 0.717) is 104 Å². The highest BCUT2D eigenvalue weighted by molar-refractivity contribution is 5.94. The summed E-state index contributed by atoms with van der Waals surface area (Å²) in [6.07, 6.45) is 0.737. The van der Waals surface area contributed by atoms with E-state index in [-0.39, 0.29) is 12.5 Å². The van der Waals surface area contributed by atoms with Crippen LogP contribution in [0.3, 0.4) is 0 Å². The van der Waals surface area contributed by atoms with Gasteiger partial charge in [-0.05, 0) is 30.2 Å². The van der Waals surface area contributed by atoms with Crippen molar-refractivity contribution in [3.05, 3.63) is 53.7 Å². The Balaban J connectivity index is 1.05. The van der Waals surface area contributed by atoms with E-state index in [1.54, 1.807) is 0 Å². The minimum Gasteiger partial charge on any atom is -0.465 e. The number of anilines is 2. The molecule has 6 rings (SSSR count). The van der Waals surface area contributed by atoms with Crippen LogP contribution in [-0.4, -0.2) is 137 Å². The average Bonchev–Trinajstić information content (AvgIpc) is 3.64. The van der Waals surface area contributed by atoms with Crippen molar-refractivity contribution >= 4 is 28.4 Å². The first-order chi connectivity index (χ1) is 26.0. The highest BCUT2D eigenvalue weighted by Gasteiger charge is 2.34. The number of hydrogen-bond donors (Lipinski definition) is 3. The lowest BCUT2D eigenvalue weighted by Crippen LogP contribution is -2.55. The van der Waals surface area contributed by atoms with Crippen LogP contribution in [0.5, 0.6) is 6.01 Å². The van der Waals surface area contributed by atoms with Gasteiger partial charge in [-0.15, -0.1) is 0 Å². The number of ether oxygens (including phenoxy) is 5. The molecule has 3 atom stereocenters. The molecule has 3 aliphatic rings. The molecule has 2 saturated heterocycles. The third-order valence-electron chi connectivity index (χ3n) is 9.94. The van der Waals surface area contributed by atoms with Gasteiger partial charge in [0.2, 0.25) is 0 Å². The molecule has 53 heavy (non-hydrogen) atoms. The van der Waals surface area contributed by atoms with Crippen LogP contribution in [0.15, 0.2) is 42.5 Å². The summed E-state index contributed by atoms with van der Waals surface area (Å²) >= 11 is 0. The number of aromatic nitrogens is 2. The minimum absolute atomic E-state index is 0.112. The monoisotopic (exact) mass is 732 g/mol. The van der Waals surface area contributed by atoms with Crippen LogP contribution in [0.4, 0.5) is 16.3 Å². The Morgan fingerprint density at radius 1 is 0.925 bits per heavy atom. The van der Waals surface area contributed by atoms with Crippen molar-refractivity contribution < 1.29 is 33.6 Å². The molecule has 15 nitrogen and oxygen atoms in total. The maximum Gasteiger partial charge on any atom is 0.407 e. The van der Waals surface area contributed by atoms with Crippen LogP contribution < -0.4 is 25.6 Å². The summed E-state index contributed by atoms with van der Waals surface area (Å²) in [5.74, 6) is 1.13. The van der Waals surface area contributed by atoms with Crippen molar-refractivity contribution in [3.63, 3.8) is 0 Å². The SMILES string of the molecule is N#CC[C@H]1CN(c2nc(OC[C@@H]3C[C@@H](COCCOCCOCCOCCN)CN3)nc3c2CCN(c2cccc4ccccc24)C3)CCN1C(=O)O. The molecule has 0 radical (unpaired) electrons. The predicted molar refractivity (Wildman–Crippen MR) is 199 cm³/mol. The molecule has 15 heteroatoms. The highest BCUT2D eigenvalue weighted by Crippen LogP contribution is 2.35. The fourth-order valence-electron chi connectivity index (χ4n) is 7.31. The summed E-state index contributed by atoms with van der Waals surface area (Å²) in [6.45, 7) is 8.58. The second-order valence-corrected chi connectivity index (χ2v) is 13.6. The molecule has 1 amide bonds. The van der Waals surface area contributed by atoms with Crippen molar-refractivity contribution in [2.45, 2.75) is 37.9 Å². The van der Waals surface area contributed by atoms with Gasteiger partial charge >= 0.3 is 12.1 Å². The maximum absolute atomic E-state index is 11.9. The van der Waals surface area contributed by atoms with Gasteiger partial charge in [-0.3, -0.25) is 0 Å². The maximum atomic E-state index is 11.9. The number of benzene rings is 2. The number of fused-ring (bicyclic) bond motifs is 2. The van der Waals surface area contributed by atoms with Gasteiger partial charge < -0.3 is 54.5 Å². The lowest BCUT2D eigenvalue weighted by molar-refractivity contribution is -0.00459. The van der Waals surface area contributed by atoms with E-state index in [1.807, 2.05) is 0 Å². The third-order valence-corrected chi connectivity index (χ3v) is 9.94.